The summed E-state index contributed by atoms with van der Waals surface area (Å²) in [5.41, 5.74) is 0.506. The van der Waals surface area contributed by atoms with Gasteiger partial charge in [-0.3, -0.25) is 4.79 Å². The van der Waals surface area contributed by atoms with Crippen LogP contribution in [0.3, 0.4) is 0 Å². The van der Waals surface area contributed by atoms with Crippen molar-refractivity contribution in [3.63, 3.8) is 0 Å². The Balaban J connectivity index is 3.25. The van der Waals surface area contributed by atoms with Crippen LogP contribution in [-0.4, -0.2) is 5.78 Å². The zero-order valence-corrected chi connectivity index (χ0v) is 9.15. The lowest BCUT2D eigenvalue weighted by Crippen LogP contribution is -1.95. The van der Waals surface area contributed by atoms with Crippen LogP contribution < -0.4 is 0 Å². The van der Waals surface area contributed by atoms with E-state index >= 15 is 0 Å². The average molecular weight is 288 g/mol. The summed E-state index contributed by atoms with van der Waals surface area (Å²) >= 11 is 6.49. The zero-order valence-electron chi connectivity index (χ0n) is 5.97. The van der Waals surface area contributed by atoms with Gasteiger partial charge < -0.3 is 0 Å². The van der Waals surface area contributed by atoms with Gasteiger partial charge in [0.2, 0.25) is 5.78 Å². The van der Waals surface area contributed by atoms with Crippen LogP contribution in [0.4, 0.5) is 0 Å². The second-order valence-electron chi connectivity index (χ2n) is 2.10. The molecule has 1 aromatic carbocycles. The van der Waals surface area contributed by atoms with Gasteiger partial charge in [0.1, 0.15) is 0 Å². The lowest BCUT2D eigenvalue weighted by Gasteiger charge is -1.98. The number of hydrogen-bond acceptors (Lipinski definition) is 1. The van der Waals surface area contributed by atoms with Crippen LogP contribution >= 0.6 is 31.9 Å². The molecule has 0 N–H and O–H groups in total. The molecule has 0 aliphatic heterocycles. The van der Waals surface area contributed by atoms with Gasteiger partial charge in [-0.05, 0) is 24.1 Å². The van der Waals surface area contributed by atoms with Gasteiger partial charge in [-0.1, -0.05) is 31.9 Å². The van der Waals surface area contributed by atoms with Crippen LogP contribution in [0.5, 0.6) is 0 Å². The van der Waals surface area contributed by atoms with E-state index in [0.29, 0.717) is 10.0 Å². The Hall–Kier alpha value is -0.590. The summed E-state index contributed by atoms with van der Waals surface area (Å²) in [6, 6.07) is 5.29. The number of rotatable bonds is 1. The van der Waals surface area contributed by atoms with Crippen molar-refractivity contribution in [2.45, 2.75) is 0 Å². The number of Topliss-reactive ketones (excluding diaryl/α,β-unsaturated/α-hetero) is 1. The molecule has 0 heterocycles. The van der Waals surface area contributed by atoms with Crippen LogP contribution in [0.25, 0.3) is 0 Å². The summed E-state index contributed by atoms with van der Waals surface area (Å²) in [7, 11) is 0. The van der Waals surface area contributed by atoms with Crippen molar-refractivity contribution in [3.8, 4) is 12.3 Å². The highest BCUT2D eigenvalue weighted by Crippen LogP contribution is 2.21. The number of carbonyl (C=O) groups excluding carboxylic acids is 1. The third-order valence-electron chi connectivity index (χ3n) is 1.30. The molecule has 0 aromatic heterocycles. The standard InChI is InChI=1S/C9H4Br2O/c1-2-9(12)7-5-6(10)3-4-8(7)11/h1,3-5H. The fourth-order valence-corrected chi connectivity index (χ4v) is 1.54. The molecule has 0 spiro atoms. The first kappa shape index (κ1) is 9.50. The molecule has 12 heavy (non-hydrogen) atoms. The molecule has 60 valence electrons. The number of hydrogen-bond donors (Lipinski definition) is 0. The van der Waals surface area contributed by atoms with Crippen LogP contribution in [0, 0.1) is 12.3 Å². The van der Waals surface area contributed by atoms with Crippen LogP contribution in [0.15, 0.2) is 27.1 Å². The summed E-state index contributed by atoms with van der Waals surface area (Å²) in [6.45, 7) is 0. The Bertz CT molecular complexity index is 363. The molecule has 0 fully saturated rings. The fourth-order valence-electron chi connectivity index (χ4n) is 0.749. The molecular weight excluding hydrogens is 284 g/mol. The number of terminal acetylenes is 1. The van der Waals surface area contributed by atoms with Crippen LogP contribution in [-0.2, 0) is 0 Å². The minimum Gasteiger partial charge on any atom is -0.279 e. The van der Waals surface area contributed by atoms with E-state index in [9.17, 15) is 4.79 Å². The van der Waals surface area contributed by atoms with Gasteiger partial charge in [0.25, 0.3) is 0 Å². The Morgan fingerprint density at radius 1 is 1.42 bits per heavy atom. The minimum absolute atomic E-state index is 0.317. The van der Waals surface area contributed by atoms with Crippen molar-refractivity contribution in [3.05, 3.63) is 32.7 Å². The van der Waals surface area contributed by atoms with Crippen molar-refractivity contribution >= 4 is 37.6 Å². The third-order valence-corrected chi connectivity index (χ3v) is 2.49. The van der Waals surface area contributed by atoms with E-state index in [0.717, 1.165) is 4.47 Å². The molecule has 0 bridgehead atoms. The first-order valence-electron chi connectivity index (χ1n) is 3.11. The molecular formula is C9H4Br2O. The van der Waals surface area contributed by atoms with Gasteiger partial charge in [-0.25, -0.2) is 0 Å². The predicted octanol–water partition coefficient (Wildman–Crippen LogP) is 3.03. The van der Waals surface area contributed by atoms with Crippen LogP contribution in [0.1, 0.15) is 10.4 Å². The Kier molecular flexibility index (Phi) is 3.07. The molecule has 0 atom stereocenters. The summed E-state index contributed by atoms with van der Waals surface area (Å²) in [5, 5.41) is 0. The van der Waals surface area contributed by atoms with E-state index in [1.165, 1.54) is 0 Å². The van der Waals surface area contributed by atoms with Gasteiger partial charge in [0.15, 0.2) is 0 Å². The summed E-state index contributed by atoms with van der Waals surface area (Å²) in [6.07, 6.45) is 4.99. The molecule has 0 saturated carbocycles. The number of carbonyl (C=O) groups is 1. The fraction of sp³-hybridized carbons (Fsp3) is 0. The van der Waals surface area contributed by atoms with E-state index in [1.807, 2.05) is 6.07 Å². The molecule has 0 amide bonds. The van der Waals surface area contributed by atoms with Crippen molar-refractivity contribution in [2.24, 2.45) is 0 Å². The maximum atomic E-state index is 11.1. The van der Waals surface area contributed by atoms with E-state index < -0.39 is 0 Å². The molecule has 3 heteroatoms. The first-order chi connectivity index (χ1) is 5.65. The maximum Gasteiger partial charge on any atom is 0.236 e. The zero-order chi connectivity index (χ0) is 9.14. The molecule has 0 aliphatic rings. The maximum absolute atomic E-state index is 11.1. The van der Waals surface area contributed by atoms with Gasteiger partial charge in [-0.15, -0.1) is 6.42 Å². The van der Waals surface area contributed by atoms with Crippen molar-refractivity contribution in [1.29, 1.82) is 0 Å². The van der Waals surface area contributed by atoms with Gasteiger partial charge >= 0.3 is 0 Å². The van der Waals surface area contributed by atoms with E-state index in [4.69, 9.17) is 6.42 Å². The Morgan fingerprint density at radius 2 is 2.08 bits per heavy atom. The summed E-state index contributed by atoms with van der Waals surface area (Å²) in [4.78, 5) is 11.1. The number of ketones is 1. The largest absolute Gasteiger partial charge is 0.279 e. The van der Waals surface area contributed by atoms with E-state index in [2.05, 4.69) is 37.8 Å². The first-order valence-corrected chi connectivity index (χ1v) is 4.69. The summed E-state index contributed by atoms with van der Waals surface area (Å²) < 4.78 is 1.55. The molecule has 0 unspecified atom stereocenters. The molecule has 0 saturated heterocycles. The predicted molar refractivity (Wildman–Crippen MR) is 55.0 cm³/mol. The van der Waals surface area contributed by atoms with E-state index in [-0.39, 0.29) is 5.78 Å². The highest BCUT2D eigenvalue weighted by Gasteiger charge is 2.06. The Labute approximate surface area is 87.4 Å². The average Bonchev–Trinajstić information content (AvgIpc) is 2.08. The quantitative estimate of drug-likeness (QED) is 0.441. The number of benzene rings is 1. The topological polar surface area (TPSA) is 17.1 Å². The molecule has 0 radical (unpaired) electrons. The highest BCUT2D eigenvalue weighted by molar-refractivity contribution is 9.11. The summed E-state index contributed by atoms with van der Waals surface area (Å²) in [5.74, 6) is 1.74. The van der Waals surface area contributed by atoms with Crippen molar-refractivity contribution < 1.29 is 4.79 Å². The third kappa shape index (κ3) is 1.96. The SMILES string of the molecule is C#CC(=O)c1cc(Br)ccc1Br. The normalized spacial score (nSPS) is 9.08. The Morgan fingerprint density at radius 3 is 2.67 bits per heavy atom. The molecule has 1 aromatic rings. The monoisotopic (exact) mass is 286 g/mol. The van der Waals surface area contributed by atoms with Gasteiger partial charge in [0.05, 0.1) is 0 Å². The second kappa shape index (κ2) is 3.88. The van der Waals surface area contributed by atoms with Crippen molar-refractivity contribution in [2.75, 3.05) is 0 Å². The van der Waals surface area contributed by atoms with Gasteiger partial charge in [0, 0.05) is 14.5 Å². The molecule has 0 aliphatic carbocycles. The highest BCUT2D eigenvalue weighted by atomic mass is 79.9. The van der Waals surface area contributed by atoms with Crippen molar-refractivity contribution in [1.82, 2.24) is 0 Å². The molecule has 1 nitrogen and oxygen atoms in total. The lowest BCUT2D eigenvalue weighted by molar-refractivity contribution is 0.105. The van der Waals surface area contributed by atoms with Gasteiger partial charge in [-0.2, -0.15) is 0 Å². The second-order valence-corrected chi connectivity index (χ2v) is 3.87. The smallest absolute Gasteiger partial charge is 0.236 e. The molecule has 1 rings (SSSR count). The minimum atomic E-state index is -0.317. The number of halogens is 2. The van der Waals surface area contributed by atoms with Crippen LogP contribution in [0.2, 0.25) is 0 Å². The van der Waals surface area contributed by atoms with E-state index in [1.54, 1.807) is 12.1 Å². The lowest BCUT2D eigenvalue weighted by atomic mass is 10.1.